The van der Waals surface area contributed by atoms with Crippen molar-refractivity contribution in [3.63, 3.8) is 0 Å². The molecular formula is C24H32N4O3S. The van der Waals surface area contributed by atoms with E-state index in [2.05, 4.69) is 41.2 Å². The summed E-state index contributed by atoms with van der Waals surface area (Å²) in [6.45, 7) is 9.50. The molecule has 1 atom stereocenters. The largest absolute Gasteiger partial charge is 0.337 e. The third kappa shape index (κ3) is 5.13. The zero-order valence-electron chi connectivity index (χ0n) is 19.1. The molecule has 0 saturated carbocycles. The summed E-state index contributed by atoms with van der Waals surface area (Å²) in [6.07, 6.45) is 4.23. The molecule has 7 nitrogen and oxygen atoms in total. The van der Waals surface area contributed by atoms with Crippen molar-refractivity contribution >= 4 is 21.8 Å². The predicted octanol–water partition coefficient (Wildman–Crippen LogP) is 2.20. The van der Waals surface area contributed by atoms with E-state index in [1.54, 1.807) is 6.08 Å². The lowest BCUT2D eigenvalue weighted by Crippen LogP contribution is -2.52. The van der Waals surface area contributed by atoms with E-state index in [9.17, 15) is 13.2 Å². The highest BCUT2D eigenvalue weighted by molar-refractivity contribution is 7.91. The molecule has 0 bridgehead atoms. The SMILES string of the molecule is Cc1ccc(Cn2nc(C)c(/C=C/C(=O)N3CCN(C4CCS(=O)(=O)C4)CC3)c2C)cc1. The van der Waals surface area contributed by atoms with Crippen LogP contribution in [-0.2, 0) is 21.2 Å². The molecule has 172 valence electrons. The molecule has 2 saturated heterocycles. The summed E-state index contributed by atoms with van der Waals surface area (Å²) in [5, 5.41) is 4.67. The molecule has 4 rings (SSSR count). The van der Waals surface area contributed by atoms with Gasteiger partial charge in [-0.3, -0.25) is 14.4 Å². The van der Waals surface area contributed by atoms with Gasteiger partial charge in [0.2, 0.25) is 5.91 Å². The lowest BCUT2D eigenvalue weighted by molar-refractivity contribution is -0.127. The second kappa shape index (κ2) is 9.19. The molecule has 0 aliphatic carbocycles. The van der Waals surface area contributed by atoms with Gasteiger partial charge in [-0.25, -0.2) is 8.42 Å². The molecule has 2 fully saturated rings. The first-order valence-electron chi connectivity index (χ1n) is 11.2. The molecule has 1 aromatic heterocycles. The Morgan fingerprint density at radius 2 is 1.78 bits per heavy atom. The van der Waals surface area contributed by atoms with Gasteiger partial charge in [0, 0.05) is 49.6 Å². The van der Waals surface area contributed by atoms with E-state index in [1.807, 2.05) is 29.5 Å². The molecule has 0 radical (unpaired) electrons. The second-order valence-corrected chi connectivity index (χ2v) is 11.2. The first-order valence-corrected chi connectivity index (χ1v) is 13.0. The number of carbonyl (C=O) groups excluding carboxylic acids is 1. The highest BCUT2D eigenvalue weighted by Gasteiger charge is 2.34. The van der Waals surface area contributed by atoms with Gasteiger partial charge in [-0.2, -0.15) is 5.10 Å². The van der Waals surface area contributed by atoms with Crippen molar-refractivity contribution in [2.45, 2.75) is 39.8 Å². The third-order valence-corrected chi connectivity index (χ3v) is 8.38. The van der Waals surface area contributed by atoms with Crippen LogP contribution in [-0.4, -0.2) is 77.6 Å². The van der Waals surface area contributed by atoms with E-state index < -0.39 is 9.84 Å². The van der Waals surface area contributed by atoms with Crippen molar-refractivity contribution in [3.05, 3.63) is 58.4 Å². The number of piperazine rings is 1. The average molecular weight is 457 g/mol. The highest BCUT2D eigenvalue weighted by Crippen LogP contribution is 2.20. The van der Waals surface area contributed by atoms with E-state index in [4.69, 9.17) is 0 Å². The summed E-state index contributed by atoms with van der Waals surface area (Å²) in [5.41, 5.74) is 5.37. The Balaban J connectivity index is 1.35. The van der Waals surface area contributed by atoms with E-state index in [-0.39, 0.29) is 23.5 Å². The van der Waals surface area contributed by atoms with Crippen LogP contribution >= 0.6 is 0 Å². The summed E-state index contributed by atoms with van der Waals surface area (Å²) < 4.78 is 25.5. The van der Waals surface area contributed by atoms with Gasteiger partial charge in [-0.05, 0) is 38.8 Å². The molecule has 2 aliphatic rings. The lowest BCUT2D eigenvalue weighted by Gasteiger charge is -2.37. The Bertz CT molecular complexity index is 1110. The summed E-state index contributed by atoms with van der Waals surface area (Å²) in [4.78, 5) is 16.8. The number of rotatable bonds is 5. The predicted molar refractivity (Wildman–Crippen MR) is 126 cm³/mol. The Hall–Kier alpha value is -2.45. The van der Waals surface area contributed by atoms with Crippen LogP contribution in [0.25, 0.3) is 6.08 Å². The summed E-state index contributed by atoms with van der Waals surface area (Å²) in [5.74, 6) is 0.538. The van der Waals surface area contributed by atoms with Gasteiger partial charge in [-0.1, -0.05) is 29.8 Å². The highest BCUT2D eigenvalue weighted by atomic mass is 32.2. The second-order valence-electron chi connectivity index (χ2n) is 8.98. The molecule has 2 aliphatic heterocycles. The van der Waals surface area contributed by atoms with Gasteiger partial charge in [0.05, 0.1) is 23.7 Å². The van der Waals surface area contributed by atoms with Crippen molar-refractivity contribution in [1.82, 2.24) is 19.6 Å². The Morgan fingerprint density at radius 3 is 2.41 bits per heavy atom. The van der Waals surface area contributed by atoms with Crippen LogP contribution in [0.1, 0.15) is 34.5 Å². The molecule has 2 aromatic rings. The minimum absolute atomic E-state index is 0.00576. The Labute approximate surface area is 190 Å². The molecule has 32 heavy (non-hydrogen) atoms. The molecule has 1 amide bonds. The number of carbonyl (C=O) groups is 1. The molecular weight excluding hydrogens is 424 g/mol. The molecule has 0 spiro atoms. The number of hydrogen-bond acceptors (Lipinski definition) is 5. The van der Waals surface area contributed by atoms with Crippen LogP contribution in [0.2, 0.25) is 0 Å². The van der Waals surface area contributed by atoms with Gasteiger partial charge in [-0.15, -0.1) is 0 Å². The fourth-order valence-electron chi connectivity index (χ4n) is 4.60. The fraction of sp³-hybridized carbons (Fsp3) is 0.500. The van der Waals surface area contributed by atoms with Crippen LogP contribution < -0.4 is 0 Å². The molecule has 8 heteroatoms. The first-order chi connectivity index (χ1) is 15.2. The van der Waals surface area contributed by atoms with E-state index in [0.29, 0.717) is 26.1 Å². The van der Waals surface area contributed by atoms with Crippen molar-refractivity contribution in [1.29, 1.82) is 0 Å². The standard InChI is InChI=1S/C24H32N4O3S/c1-18-4-6-21(7-5-18)16-28-20(3)23(19(2)25-28)8-9-24(29)27-13-11-26(12-14-27)22-10-15-32(30,31)17-22/h4-9,22H,10-17H2,1-3H3/b9-8+. The van der Waals surface area contributed by atoms with Crippen LogP contribution in [0.3, 0.4) is 0 Å². The zero-order chi connectivity index (χ0) is 22.9. The summed E-state index contributed by atoms with van der Waals surface area (Å²) >= 11 is 0. The topological polar surface area (TPSA) is 75.5 Å². The van der Waals surface area contributed by atoms with Crippen LogP contribution in [0.4, 0.5) is 0 Å². The van der Waals surface area contributed by atoms with Gasteiger partial charge < -0.3 is 4.90 Å². The monoisotopic (exact) mass is 456 g/mol. The number of amides is 1. The van der Waals surface area contributed by atoms with Crippen molar-refractivity contribution in [3.8, 4) is 0 Å². The van der Waals surface area contributed by atoms with Crippen LogP contribution in [0.15, 0.2) is 30.3 Å². The lowest BCUT2D eigenvalue weighted by atomic mass is 10.1. The number of sulfone groups is 1. The maximum atomic E-state index is 12.8. The maximum Gasteiger partial charge on any atom is 0.246 e. The number of aromatic nitrogens is 2. The van der Waals surface area contributed by atoms with E-state index in [0.717, 1.165) is 30.0 Å². The molecule has 1 unspecified atom stereocenters. The van der Waals surface area contributed by atoms with Gasteiger partial charge >= 0.3 is 0 Å². The quantitative estimate of drug-likeness (QED) is 0.645. The minimum atomic E-state index is -2.88. The molecule has 0 N–H and O–H groups in total. The molecule has 1 aromatic carbocycles. The van der Waals surface area contributed by atoms with Crippen molar-refractivity contribution in [2.24, 2.45) is 0 Å². The van der Waals surface area contributed by atoms with E-state index >= 15 is 0 Å². The zero-order valence-corrected chi connectivity index (χ0v) is 19.9. The number of aryl methyl sites for hydroxylation is 2. The van der Waals surface area contributed by atoms with Crippen LogP contribution in [0, 0.1) is 20.8 Å². The Kier molecular flexibility index (Phi) is 6.53. The van der Waals surface area contributed by atoms with Gasteiger partial charge in [0.15, 0.2) is 9.84 Å². The number of hydrogen-bond donors (Lipinski definition) is 0. The minimum Gasteiger partial charge on any atom is -0.337 e. The maximum absolute atomic E-state index is 12.8. The van der Waals surface area contributed by atoms with Crippen LogP contribution in [0.5, 0.6) is 0 Å². The normalized spacial score (nSPS) is 21.5. The smallest absolute Gasteiger partial charge is 0.246 e. The fourth-order valence-corrected chi connectivity index (χ4v) is 6.36. The Morgan fingerprint density at radius 1 is 1.09 bits per heavy atom. The average Bonchev–Trinajstić information content (AvgIpc) is 3.26. The van der Waals surface area contributed by atoms with Crippen molar-refractivity contribution in [2.75, 3.05) is 37.7 Å². The van der Waals surface area contributed by atoms with Crippen molar-refractivity contribution < 1.29 is 13.2 Å². The first kappa shape index (κ1) is 22.7. The third-order valence-electron chi connectivity index (χ3n) is 6.63. The summed E-state index contributed by atoms with van der Waals surface area (Å²) in [7, 11) is -2.88. The molecule has 3 heterocycles. The number of benzene rings is 1. The summed E-state index contributed by atoms with van der Waals surface area (Å²) in [6, 6.07) is 8.55. The van der Waals surface area contributed by atoms with E-state index in [1.165, 1.54) is 11.1 Å². The number of nitrogens with zero attached hydrogens (tertiary/aromatic N) is 4. The van der Waals surface area contributed by atoms with Gasteiger partial charge in [0.1, 0.15) is 0 Å². The van der Waals surface area contributed by atoms with Gasteiger partial charge in [0.25, 0.3) is 0 Å².